The van der Waals surface area contributed by atoms with Crippen LogP contribution in [0.1, 0.15) is 95.8 Å². The lowest BCUT2D eigenvalue weighted by molar-refractivity contribution is -0.142. The van der Waals surface area contributed by atoms with Gasteiger partial charge in [0.1, 0.15) is 66.2 Å². The van der Waals surface area contributed by atoms with E-state index in [1.54, 1.807) is 38.1 Å². The first kappa shape index (κ1) is 77.6. The Bertz CT molecular complexity index is 3590. The van der Waals surface area contributed by atoms with Crippen molar-refractivity contribution in [2.24, 2.45) is 28.1 Å². The second-order valence-corrected chi connectivity index (χ2v) is 25.3. The number of phenolic OH excluding ortho intramolecular Hbond substituents is 1. The number of nitrogens with two attached hydrogens (primary N) is 3. The maximum atomic E-state index is 15.1. The molecule has 0 bridgehead atoms. The number of nitrogens with zero attached hydrogens (tertiary/aromatic N) is 2. The van der Waals surface area contributed by atoms with Crippen LogP contribution in [0.15, 0.2) is 96.0 Å². The third-order valence-corrected chi connectivity index (χ3v) is 16.6. The van der Waals surface area contributed by atoms with Crippen LogP contribution in [0.2, 0.25) is 5.02 Å². The molecule has 534 valence electrons. The monoisotopic (exact) mass is 1390 g/mol. The highest BCUT2D eigenvalue weighted by Gasteiger charge is 2.40. The van der Waals surface area contributed by atoms with Crippen molar-refractivity contribution in [1.29, 1.82) is 0 Å². The number of benzene rings is 4. The molecule has 31 nitrogen and oxygen atoms in total. The Labute approximate surface area is 576 Å². The van der Waals surface area contributed by atoms with E-state index >= 15 is 9.59 Å². The molecule has 2 heterocycles. The number of nitrogens with one attached hydrogen (secondary N) is 11. The van der Waals surface area contributed by atoms with Gasteiger partial charge in [0.05, 0.1) is 19.6 Å². The molecule has 4 aromatic rings. The molecule has 99 heavy (non-hydrogen) atoms. The Morgan fingerprint density at radius 2 is 1.26 bits per heavy atom. The summed E-state index contributed by atoms with van der Waals surface area (Å²) in [5.74, 6) is -11.6. The number of likely N-dealkylation sites (tertiary alicyclic amines) is 1. The summed E-state index contributed by atoms with van der Waals surface area (Å²) in [6.45, 7) is 4.56. The van der Waals surface area contributed by atoms with E-state index in [1.807, 2.05) is 30.3 Å². The molecular formula is C67H89ClN16O15. The molecule has 32 heteroatoms. The maximum absolute atomic E-state index is 15.1. The smallest absolute Gasteiger partial charge is 0.245 e. The molecule has 0 saturated carbocycles. The highest BCUT2D eigenvalue weighted by molar-refractivity contribution is 6.30. The highest BCUT2D eigenvalue weighted by Crippen LogP contribution is 2.22. The van der Waals surface area contributed by atoms with Crippen LogP contribution in [0, 0.1) is 5.92 Å². The van der Waals surface area contributed by atoms with Gasteiger partial charge in [0.15, 0.2) is 5.96 Å². The zero-order valence-electron chi connectivity index (χ0n) is 55.5. The van der Waals surface area contributed by atoms with Crippen molar-refractivity contribution >= 4 is 105 Å². The van der Waals surface area contributed by atoms with Gasteiger partial charge in [0.2, 0.25) is 76.8 Å². The number of fused-ring (bicyclic) bond motifs is 1. The average molecular weight is 1390 g/mol. The molecule has 0 aromatic heterocycles. The SMILES string of the molecule is CC(=O)N[C@@H]1CC(=O)NCC(=O)NCCC[C@H](C(=O)N[C@@H](CO)C(=O)N[C@@H](Cc2ccc(O)cc2)C(=O)N[C@H](Cc2ccc3ccccc3c2)C(=O)N[C@@H](CC(C)C)C(=O)N[C@@H](CCCN=C(N)N)C(=O)N2CCC[C@H]2C(=O)N[C@H](C)C(N)=O)NC(=O)[C@@H](Cc2ccc(Cl)cc2)NC1=O. The fraction of sp³-hybridized carbons (Fsp3) is 0.463. The minimum atomic E-state index is -1.86. The van der Waals surface area contributed by atoms with Crippen molar-refractivity contribution in [2.75, 3.05) is 32.8 Å². The number of amides is 13. The first-order valence-corrected chi connectivity index (χ1v) is 32.9. The van der Waals surface area contributed by atoms with E-state index in [1.165, 1.54) is 48.2 Å². The molecule has 2 saturated heterocycles. The van der Waals surface area contributed by atoms with Gasteiger partial charge < -0.3 is 90.8 Å². The number of aliphatic hydroxyl groups is 1. The Morgan fingerprint density at radius 3 is 1.90 bits per heavy atom. The number of rotatable bonds is 28. The number of guanidine groups is 1. The van der Waals surface area contributed by atoms with Crippen LogP contribution in [-0.2, 0) is 81.6 Å². The van der Waals surface area contributed by atoms with Gasteiger partial charge in [-0.15, -0.1) is 0 Å². The average Bonchev–Trinajstić information content (AvgIpc) is 1.82. The van der Waals surface area contributed by atoms with E-state index in [2.05, 4.69) is 63.5 Å². The zero-order chi connectivity index (χ0) is 72.5. The van der Waals surface area contributed by atoms with Crippen LogP contribution in [-0.4, -0.2) is 191 Å². The van der Waals surface area contributed by atoms with E-state index in [9.17, 15) is 63.0 Å². The summed E-state index contributed by atoms with van der Waals surface area (Å²) < 4.78 is 0. The Kier molecular flexibility index (Phi) is 29.7. The highest BCUT2D eigenvalue weighted by atomic mass is 35.5. The van der Waals surface area contributed by atoms with Crippen LogP contribution >= 0.6 is 11.6 Å². The summed E-state index contributed by atoms with van der Waals surface area (Å²) in [6.07, 6.45) is -0.797. The predicted molar refractivity (Wildman–Crippen MR) is 364 cm³/mol. The van der Waals surface area contributed by atoms with Gasteiger partial charge in [-0.25, -0.2) is 0 Å². The zero-order valence-corrected chi connectivity index (χ0v) is 56.3. The number of hydrogen-bond acceptors (Lipinski definition) is 16. The number of primary amides is 1. The molecule has 2 aliphatic heterocycles. The van der Waals surface area contributed by atoms with Crippen LogP contribution in [0.5, 0.6) is 5.75 Å². The Balaban J connectivity index is 1.29. The number of aromatic hydroxyl groups is 1. The summed E-state index contributed by atoms with van der Waals surface area (Å²) in [7, 11) is 0. The molecule has 2 aliphatic rings. The molecule has 0 radical (unpaired) electrons. The number of carbonyl (C=O) groups excluding carboxylic acids is 13. The second kappa shape index (κ2) is 37.9. The largest absolute Gasteiger partial charge is 0.508 e. The normalized spacial score (nSPS) is 18.8. The molecular weight excluding hydrogens is 1300 g/mol. The molecule has 2 fully saturated rings. The van der Waals surface area contributed by atoms with E-state index in [4.69, 9.17) is 28.8 Å². The molecule has 4 aromatic carbocycles. The van der Waals surface area contributed by atoms with Crippen molar-refractivity contribution in [1.82, 2.24) is 63.4 Å². The summed E-state index contributed by atoms with van der Waals surface area (Å²) in [5, 5.41) is 51.4. The number of aliphatic imine (C=N–C) groups is 1. The fourth-order valence-corrected chi connectivity index (χ4v) is 11.3. The van der Waals surface area contributed by atoms with Crippen LogP contribution < -0.4 is 75.7 Å². The van der Waals surface area contributed by atoms with Crippen LogP contribution in [0.25, 0.3) is 10.8 Å². The van der Waals surface area contributed by atoms with Gasteiger partial charge in [-0.3, -0.25) is 67.3 Å². The molecule has 6 rings (SSSR count). The lowest BCUT2D eigenvalue weighted by atomic mass is 9.98. The number of hydrogen-bond donors (Lipinski definition) is 16. The first-order valence-electron chi connectivity index (χ1n) is 32.6. The van der Waals surface area contributed by atoms with Crippen LogP contribution in [0.3, 0.4) is 0 Å². The quantitative estimate of drug-likeness (QED) is 0.0160. The first-order chi connectivity index (χ1) is 47.1. The minimum Gasteiger partial charge on any atom is -0.508 e. The molecule has 0 aliphatic carbocycles. The second-order valence-electron chi connectivity index (χ2n) is 24.8. The van der Waals surface area contributed by atoms with Gasteiger partial charge in [0.25, 0.3) is 0 Å². The van der Waals surface area contributed by atoms with E-state index < -0.39 is 157 Å². The molecule has 13 amide bonds. The van der Waals surface area contributed by atoms with E-state index in [0.717, 1.165) is 17.7 Å². The third-order valence-electron chi connectivity index (χ3n) is 16.4. The van der Waals surface area contributed by atoms with Crippen molar-refractivity contribution in [3.8, 4) is 5.75 Å². The summed E-state index contributed by atoms with van der Waals surface area (Å²) in [5.41, 5.74) is 18.0. The van der Waals surface area contributed by atoms with E-state index in [0.29, 0.717) is 28.1 Å². The van der Waals surface area contributed by atoms with Crippen molar-refractivity contribution in [2.45, 2.75) is 159 Å². The third kappa shape index (κ3) is 24.9. The lowest BCUT2D eigenvalue weighted by Crippen LogP contribution is -2.61. The van der Waals surface area contributed by atoms with Gasteiger partial charge in [-0.1, -0.05) is 92.2 Å². The predicted octanol–water partition coefficient (Wildman–Crippen LogP) is -2.39. The van der Waals surface area contributed by atoms with Gasteiger partial charge in [-0.05, 0) is 110 Å². The molecule has 0 spiro atoms. The maximum Gasteiger partial charge on any atom is 0.245 e. The van der Waals surface area contributed by atoms with Gasteiger partial charge >= 0.3 is 0 Å². The van der Waals surface area contributed by atoms with Gasteiger partial charge in [-0.2, -0.15) is 0 Å². The number of aliphatic hydroxyl groups excluding tert-OH is 1. The number of halogens is 1. The topological polar surface area (TPSA) is 488 Å². The van der Waals surface area contributed by atoms with Crippen molar-refractivity contribution in [3.05, 3.63) is 113 Å². The Morgan fingerprint density at radius 1 is 0.657 bits per heavy atom. The lowest BCUT2D eigenvalue weighted by Gasteiger charge is -2.31. The Hall–Kier alpha value is -10.4. The standard InChI is InChI=1S/C67H89ClN16O15/c1-36(2)28-48(59(92)78-47(13-8-26-73-67(70)71)66(99)84-27-9-14-54(84)65(98)75-37(3)57(69)90)79-62(95)51(32-41-15-20-42-10-5-6-11-43(42)29-41)81-61(94)50(31-40-18-23-45(87)24-19-40)82-64(97)53(35-85)83-58(91)46-12-7-25-72-56(89)34-74-55(88)33-52(76-38(4)86)63(96)80-49(60(93)77-46)30-39-16-21-44(68)22-17-39/h5-6,10-11,15-24,29,36-37,46-54,85,87H,7-9,12-14,25-28,30-35H2,1-4H3,(H2,69,90)(H,72,89)(H,74,88)(H,75,98)(H,76,86)(H,77,93)(H,78,92)(H,79,95)(H,80,96)(H,81,94)(H,82,97)(H,83,91)(H4,70,71,73)/t37-,46-,47+,48+,49-,50+,51-,52-,53+,54+/m1/s1. The molecule has 19 N–H and O–H groups in total. The minimum absolute atomic E-state index is 0.000424. The number of carbonyl (C=O) groups is 13. The van der Waals surface area contributed by atoms with Crippen LogP contribution in [0.4, 0.5) is 0 Å². The molecule has 10 atom stereocenters. The molecule has 0 unspecified atom stereocenters. The van der Waals surface area contributed by atoms with Crippen molar-refractivity contribution in [3.63, 3.8) is 0 Å². The number of phenols is 1. The van der Waals surface area contributed by atoms with E-state index in [-0.39, 0.29) is 95.0 Å². The summed E-state index contributed by atoms with van der Waals surface area (Å²) in [4.78, 5) is 185. The summed E-state index contributed by atoms with van der Waals surface area (Å²) >= 11 is 6.14. The van der Waals surface area contributed by atoms with Crippen molar-refractivity contribution < 1.29 is 72.5 Å². The summed E-state index contributed by atoms with van der Waals surface area (Å²) in [6, 6.07) is 10.2. The van der Waals surface area contributed by atoms with Gasteiger partial charge in [0, 0.05) is 50.8 Å². The fourth-order valence-electron chi connectivity index (χ4n) is 11.2.